The normalized spacial score (nSPS) is 26.4. The van der Waals surface area contributed by atoms with Crippen LogP contribution in [-0.4, -0.2) is 52.8 Å². The number of thiazole rings is 1. The van der Waals surface area contributed by atoms with Crippen LogP contribution >= 0.6 is 11.3 Å². The largest absolute Gasteiger partial charge is 0.342 e. The number of rotatable bonds is 3. The van der Waals surface area contributed by atoms with Crippen LogP contribution in [0, 0.1) is 5.92 Å². The molecule has 3 heterocycles. The van der Waals surface area contributed by atoms with Crippen LogP contribution in [0.5, 0.6) is 0 Å². The highest BCUT2D eigenvalue weighted by Gasteiger charge is 2.37. The summed E-state index contributed by atoms with van der Waals surface area (Å²) >= 11 is 1.67. The Morgan fingerprint density at radius 3 is 3.00 bits per heavy atom. The fourth-order valence-corrected chi connectivity index (χ4v) is 4.08. The second-order valence-electron chi connectivity index (χ2n) is 5.83. The summed E-state index contributed by atoms with van der Waals surface area (Å²) in [4.78, 5) is 32.6. The van der Waals surface area contributed by atoms with Crippen molar-refractivity contribution in [2.45, 2.75) is 32.1 Å². The number of amides is 2. The summed E-state index contributed by atoms with van der Waals surface area (Å²) in [6.07, 6.45) is 4.33. The predicted octanol–water partition coefficient (Wildman–Crippen LogP) is 1.72. The summed E-state index contributed by atoms with van der Waals surface area (Å²) in [5.74, 6) is 0.486. The second kappa shape index (κ2) is 6.13. The van der Waals surface area contributed by atoms with Gasteiger partial charge in [-0.15, -0.1) is 11.3 Å². The minimum atomic E-state index is -0.146. The van der Waals surface area contributed by atoms with Crippen LogP contribution in [0.4, 0.5) is 0 Å². The standard InChI is InChI=1S/C15H21N3O2S/c1-2-17-10-12(8-13(17)19)15(20)18-6-3-4-11(9-18)14-16-5-7-21-14/h5,7,11-12H,2-4,6,8-10H2,1H3/t11-,12-/m0/s1. The molecule has 1 aromatic heterocycles. The van der Waals surface area contributed by atoms with E-state index >= 15 is 0 Å². The lowest BCUT2D eigenvalue weighted by molar-refractivity contribution is -0.137. The van der Waals surface area contributed by atoms with Gasteiger partial charge in [-0.05, 0) is 19.8 Å². The molecule has 114 valence electrons. The molecule has 2 aliphatic rings. The summed E-state index contributed by atoms with van der Waals surface area (Å²) in [7, 11) is 0. The third kappa shape index (κ3) is 2.95. The van der Waals surface area contributed by atoms with E-state index in [2.05, 4.69) is 4.98 Å². The van der Waals surface area contributed by atoms with E-state index in [0.717, 1.165) is 30.9 Å². The van der Waals surface area contributed by atoms with Crippen molar-refractivity contribution in [1.82, 2.24) is 14.8 Å². The first-order chi connectivity index (χ1) is 10.2. The number of carbonyl (C=O) groups is 2. The molecule has 0 radical (unpaired) electrons. The van der Waals surface area contributed by atoms with Gasteiger partial charge in [-0.1, -0.05) is 0 Å². The Labute approximate surface area is 129 Å². The maximum Gasteiger partial charge on any atom is 0.228 e. The van der Waals surface area contributed by atoms with Gasteiger partial charge in [0, 0.05) is 50.1 Å². The molecule has 2 fully saturated rings. The lowest BCUT2D eigenvalue weighted by Gasteiger charge is -2.33. The molecule has 2 amide bonds. The van der Waals surface area contributed by atoms with Gasteiger partial charge in [-0.25, -0.2) is 4.98 Å². The number of piperidine rings is 1. The minimum Gasteiger partial charge on any atom is -0.342 e. The van der Waals surface area contributed by atoms with Crippen LogP contribution in [0.1, 0.15) is 37.1 Å². The molecule has 0 spiro atoms. The molecule has 1 aromatic rings. The average molecular weight is 307 g/mol. The highest BCUT2D eigenvalue weighted by Crippen LogP contribution is 2.30. The van der Waals surface area contributed by atoms with Crippen LogP contribution < -0.4 is 0 Å². The van der Waals surface area contributed by atoms with Crippen molar-refractivity contribution in [3.05, 3.63) is 16.6 Å². The highest BCUT2D eigenvalue weighted by atomic mass is 32.1. The summed E-state index contributed by atoms with van der Waals surface area (Å²) in [5.41, 5.74) is 0. The third-order valence-corrected chi connectivity index (χ3v) is 5.42. The van der Waals surface area contributed by atoms with E-state index in [1.54, 1.807) is 16.2 Å². The van der Waals surface area contributed by atoms with Gasteiger partial charge in [0.1, 0.15) is 0 Å². The lowest BCUT2D eigenvalue weighted by Crippen LogP contribution is -2.43. The molecule has 0 saturated carbocycles. The van der Waals surface area contributed by atoms with Crippen molar-refractivity contribution in [1.29, 1.82) is 0 Å². The van der Waals surface area contributed by atoms with E-state index in [4.69, 9.17) is 0 Å². The van der Waals surface area contributed by atoms with E-state index in [-0.39, 0.29) is 17.7 Å². The first kappa shape index (κ1) is 14.5. The van der Waals surface area contributed by atoms with Gasteiger partial charge in [0.05, 0.1) is 10.9 Å². The molecule has 3 rings (SSSR count). The van der Waals surface area contributed by atoms with Gasteiger partial charge in [0.15, 0.2) is 0 Å². The Morgan fingerprint density at radius 1 is 1.48 bits per heavy atom. The summed E-state index contributed by atoms with van der Waals surface area (Å²) in [6.45, 7) is 4.82. The van der Waals surface area contributed by atoms with Crippen LogP contribution in [0.2, 0.25) is 0 Å². The van der Waals surface area contributed by atoms with Crippen LogP contribution in [0.25, 0.3) is 0 Å². The molecule has 21 heavy (non-hydrogen) atoms. The molecular weight excluding hydrogens is 286 g/mol. The van der Waals surface area contributed by atoms with E-state index in [9.17, 15) is 9.59 Å². The molecule has 2 atom stereocenters. The van der Waals surface area contributed by atoms with Crippen molar-refractivity contribution in [2.75, 3.05) is 26.2 Å². The fourth-order valence-electron chi connectivity index (χ4n) is 3.32. The molecular formula is C15H21N3O2S. The predicted molar refractivity (Wildman–Crippen MR) is 81.0 cm³/mol. The fraction of sp³-hybridized carbons (Fsp3) is 0.667. The quantitative estimate of drug-likeness (QED) is 0.854. The zero-order valence-electron chi connectivity index (χ0n) is 12.3. The molecule has 2 aliphatic heterocycles. The highest BCUT2D eigenvalue weighted by molar-refractivity contribution is 7.09. The van der Waals surface area contributed by atoms with Crippen molar-refractivity contribution in [2.24, 2.45) is 5.92 Å². The molecule has 0 bridgehead atoms. The maximum absolute atomic E-state index is 12.7. The smallest absolute Gasteiger partial charge is 0.228 e. The van der Waals surface area contributed by atoms with Crippen molar-refractivity contribution in [3.8, 4) is 0 Å². The van der Waals surface area contributed by atoms with Crippen molar-refractivity contribution in [3.63, 3.8) is 0 Å². The SMILES string of the molecule is CCN1C[C@@H](C(=O)N2CCC[C@H](c3nccs3)C2)CC1=O. The van der Waals surface area contributed by atoms with E-state index in [1.165, 1.54) is 0 Å². The number of hydrogen-bond donors (Lipinski definition) is 0. The van der Waals surface area contributed by atoms with Crippen LogP contribution in [0.15, 0.2) is 11.6 Å². The number of nitrogens with zero attached hydrogens (tertiary/aromatic N) is 3. The van der Waals surface area contributed by atoms with Gasteiger partial charge < -0.3 is 9.80 Å². The Morgan fingerprint density at radius 2 is 2.33 bits per heavy atom. The minimum absolute atomic E-state index is 0.115. The van der Waals surface area contributed by atoms with Crippen LogP contribution in [-0.2, 0) is 9.59 Å². The maximum atomic E-state index is 12.7. The number of aromatic nitrogens is 1. The van der Waals surface area contributed by atoms with Crippen molar-refractivity contribution >= 4 is 23.2 Å². The molecule has 0 unspecified atom stereocenters. The van der Waals surface area contributed by atoms with E-state index in [1.807, 2.05) is 23.4 Å². The third-order valence-electron chi connectivity index (χ3n) is 4.48. The average Bonchev–Trinajstić information content (AvgIpc) is 3.16. The molecule has 5 nitrogen and oxygen atoms in total. The van der Waals surface area contributed by atoms with Gasteiger partial charge in [0.25, 0.3) is 0 Å². The summed E-state index contributed by atoms with van der Waals surface area (Å²) in [5, 5.41) is 3.12. The molecule has 0 aliphatic carbocycles. The first-order valence-electron chi connectivity index (χ1n) is 7.65. The summed E-state index contributed by atoms with van der Waals surface area (Å²) in [6, 6.07) is 0. The zero-order chi connectivity index (χ0) is 14.8. The Hall–Kier alpha value is -1.43. The molecule has 6 heteroatoms. The van der Waals surface area contributed by atoms with E-state index < -0.39 is 0 Å². The molecule has 0 aromatic carbocycles. The monoisotopic (exact) mass is 307 g/mol. The molecule has 2 saturated heterocycles. The van der Waals surface area contributed by atoms with Gasteiger partial charge in [-0.3, -0.25) is 9.59 Å². The van der Waals surface area contributed by atoms with Gasteiger partial charge in [-0.2, -0.15) is 0 Å². The molecule has 0 N–H and O–H groups in total. The Bertz CT molecular complexity index is 517. The van der Waals surface area contributed by atoms with Gasteiger partial charge in [0.2, 0.25) is 11.8 Å². The number of hydrogen-bond acceptors (Lipinski definition) is 4. The second-order valence-corrected chi connectivity index (χ2v) is 6.75. The topological polar surface area (TPSA) is 53.5 Å². The zero-order valence-corrected chi connectivity index (χ0v) is 13.1. The van der Waals surface area contributed by atoms with E-state index in [0.29, 0.717) is 25.4 Å². The van der Waals surface area contributed by atoms with Crippen molar-refractivity contribution < 1.29 is 9.59 Å². The summed E-state index contributed by atoms with van der Waals surface area (Å²) < 4.78 is 0. The van der Waals surface area contributed by atoms with Gasteiger partial charge >= 0.3 is 0 Å². The Kier molecular flexibility index (Phi) is 4.24. The Balaban J connectivity index is 1.64. The number of likely N-dealkylation sites (tertiary alicyclic amines) is 2. The number of carbonyl (C=O) groups excluding carboxylic acids is 2. The lowest BCUT2D eigenvalue weighted by atomic mass is 9.96. The van der Waals surface area contributed by atoms with Crippen LogP contribution in [0.3, 0.4) is 0 Å². The first-order valence-corrected chi connectivity index (χ1v) is 8.53.